The van der Waals surface area contributed by atoms with E-state index in [0.29, 0.717) is 0 Å². The molecule has 1 atom stereocenters. The molecule has 1 aromatic rings. The van der Waals surface area contributed by atoms with E-state index >= 15 is 0 Å². The zero-order chi connectivity index (χ0) is 10.5. The van der Waals surface area contributed by atoms with Crippen LogP contribution in [0.5, 0.6) is 0 Å². The van der Waals surface area contributed by atoms with Crippen LogP contribution in [0.3, 0.4) is 0 Å². The lowest BCUT2D eigenvalue weighted by Gasteiger charge is -2.14. The molecule has 2 rings (SSSR count). The molecule has 2 N–H and O–H groups in total. The van der Waals surface area contributed by atoms with Crippen LogP contribution in [0.4, 0.5) is 5.69 Å². The molecule has 0 aromatic heterocycles. The van der Waals surface area contributed by atoms with Crippen molar-refractivity contribution in [2.45, 2.75) is 6.04 Å². The number of nitrogens with zero attached hydrogens (tertiary/aromatic N) is 1. The van der Waals surface area contributed by atoms with E-state index in [0.717, 1.165) is 5.69 Å². The number of benzene rings is 1. The number of nitrogens with one attached hydrogen (secondary N) is 1. The van der Waals surface area contributed by atoms with E-state index in [1.54, 1.807) is 24.6 Å². The fourth-order valence-electron chi connectivity index (χ4n) is 1.29. The van der Waals surface area contributed by atoms with Gasteiger partial charge in [0.15, 0.2) is 0 Å². The average Bonchev–Trinajstić information content (AvgIpc) is 2.29. The predicted octanol–water partition coefficient (Wildman–Crippen LogP) is 2.32. The first-order valence-corrected chi connectivity index (χ1v) is 4.77. The second-order valence-corrected chi connectivity index (χ2v) is 3.21. The van der Waals surface area contributed by atoms with Gasteiger partial charge in [-0.3, -0.25) is 4.99 Å². The largest absolute Gasteiger partial charge is 0.510 e. The molecule has 3 nitrogen and oxygen atoms in total. The highest BCUT2D eigenvalue weighted by Crippen LogP contribution is 2.10. The van der Waals surface area contributed by atoms with Crippen molar-refractivity contribution in [2.24, 2.45) is 4.99 Å². The minimum Gasteiger partial charge on any atom is -0.510 e. The van der Waals surface area contributed by atoms with Gasteiger partial charge in [-0.05, 0) is 30.5 Å². The van der Waals surface area contributed by atoms with Crippen LogP contribution in [0.1, 0.15) is 0 Å². The zero-order valence-corrected chi connectivity index (χ0v) is 8.17. The molecular weight excluding hydrogens is 188 g/mol. The number of aliphatic hydroxyl groups is 1. The number of dihydropyridines is 1. The number of para-hydroxylation sites is 1. The van der Waals surface area contributed by atoms with Crippen LogP contribution >= 0.6 is 0 Å². The van der Waals surface area contributed by atoms with E-state index < -0.39 is 0 Å². The van der Waals surface area contributed by atoms with Crippen molar-refractivity contribution in [1.29, 1.82) is 0 Å². The van der Waals surface area contributed by atoms with Gasteiger partial charge in [0.05, 0.1) is 5.69 Å². The molecule has 1 aromatic carbocycles. The van der Waals surface area contributed by atoms with E-state index in [1.807, 2.05) is 30.3 Å². The van der Waals surface area contributed by atoms with E-state index in [1.165, 1.54) is 0 Å². The molecule has 3 heteroatoms. The monoisotopic (exact) mass is 200 g/mol. The maximum absolute atomic E-state index is 9.50. The van der Waals surface area contributed by atoms with Gasteiger partial charge in [0.1, 0.15) is 11.8 Å². The highest BCUT2D eigenvalue weighted by Gasteiger charge is 2.09. The number of hydrogen-bond acceptors (Lipinski definition) is 3. The second-order valence-electron chi connectivity index (χ2n) is 3.21. The van der Waals surface area contributed by atoms with Crippen LogP contribution in [0.25, 0.3) is 0 Å². The first kappa shape index (κ1) is 9.52. The molecule has 0 bridgehead atoms. The molecule has 15 heavy (non-hydrogen) atoms. The Bertz CT molecular complexity index is 407. The van der Waals surface area contributed by atoms with Crippen molar-refractivity contribution >= 4 is 11.9 Å². The lowest BCUT2D eigenvalue weighted by molar-refractivity contribution is 0.378. The van der Waals surface area contributed by atoms with Crippen molar-refractivity contribution in [2.75, 3.05) is 0 Å². The third-order valence-corrected chi connectivity index (χ3v) is 2.09. The average molecular weight is 200 g/mol. The van der Waals surface area contributed by atoms with E-state index in [4.69, 9.17) is 0 Å². The first-order valence-electron chi connectivity index (χ1n) is 4.77. The Balaban J connectivity index is 2.06. The maximum Gasteiger partial charge on any atom is 0.120 e. The van der Waals surface area contributed by atoms with Crippen LogP contribution in [0, 0.1) is 0 Å². The summed E-state index contributed by atoms with van der Waals surface area (Å²) in [4.78, 5) is 4.26. The Hall–Kier alpha value is -2.03. The molecule has 0 aliphatic carbocycles. The van der Waals surface area contributed by atoms with Crippen molar-refractivity contribution in [1.82, 2.24) is 5.32 Å². The van der Waals surface area contributed by atoms with Crippen LogP contribution in [-0.2, 0) is 0 Å². The molecule has 0 radical (unpaired) electrons. The Morgan fingerprint density at radius 3 is 2.80 bits per heavy atom. The number of hydrogen-bond donors (Lipinski definition) is 2. The number of allylic oxidation sites excluding steroid dienone is 2. The van der Waals surface area contributed by atoms with E-state index in [-0.39, 0.29) is 11.8 Å². The lowest BCUT2D eigenvalue weighted by atomic mass is 10.2. The Kier molecular flexibility index (Phi) is 2.83. The van der Waals surface area contributed by atoms with E-state index in [9.17, 15) is 5.11 Å². The van der Waals surface area contributed by atoms with Crippen molar-refractivity contribution in [3.8, 4) is 0 Å². The molecule has 0 spiro atoms. The summed E-state index contributed by atoms with van der Waals surface area (Å²) in [6.45, 7) is 0. The van der Waals surface area contributed by atoms with Crippen molar-refractivity contribution < 1.29 is 5.11 Å². The van der Waals surface area contributed by atoms with Crippen LogP contribution in [-0.4, -0.2) is 17.4 Å². The number of rotatable bonds is 2. The SMILES string of the molecule is OC1=CC=CNC1C=Nc1ccccc1. The molecule has 0 saturated heterocycles. The molecule has 76 valence electrons. The minimum atomic E-state index is -0.227. The summed E-state index contributed by atoms with van der Waals surface area (Å²) in [7, 11) is 0. The van der Waals surface area contributed by atoms with Crippen molar-refractivity contribution in [3.63, 3.8) is 0 Å². The summed E-state index contributed by atoms with van der Waals surface area (Å²) in [5.41, 5.74) is 0.877. The summed E-state index contributed by atoms with van der Waals surface area (Å²) in [5.74, 6) is 0.275. The highest BCUT2D eigenvalue weighted by molar-refractivity contribution is 5.72. The van der Waals surface area contributed by atoms with Gasteiger partial charge in [-0.2, -0.15) is 0 Å². The normalized spacial score (nSPS) is 20.0. The topological polar surface area (TPSA) is 44.6 Å². The minimum absolute atomic E-state index is 0.227. The van der Waals surface area contributed by atoms with E-state index in [2.05, 4.69) is 10.3 Å². The van der Waals surface area contributed by atoms with Gasteiger partial charge in [-0.1, -0.05) is 18.2 Å². The summed E-state index contributed by atoms with van der Waals surface area (Å²) in [6, 6.07) is 9.40. The van der Waals surface area contributed by atoms with Crippen LogP contribution in [0.2, 0.25) is 0 Å². The molecule has 1 aliphatic rings. The zero-order valence-electron chi connectivity index (χ0n) is 8.17. The molecule has 0 amide bonds. The number of aliphatic imine (C=N–C) groups is 1. The first-order chi connectivity index (χ1) is 7.36. The molecule has 1 heterocycles. The van der Waals surface area contributed by atoms with Gasteiger partial charge in [-0.15, -0.1) is 0 Å². The summed E-state index contributed by atoms with van der Waals surface area (Å²) >= 11 is 0. The smallest absolute Gasteiger partial charge is 0.120 e. The Morgan fingerprint density at radius 2 is 2.07 bits per heavy atom. The third-order valence-electron chi connectivity index (χ3n) is 2.09. The summed E-state index contributed by atoms with van der Waals surface area (Å²) < 4.78 is 0. The Morgan fingerprint density at radius 1 is 1.27 bits per heavy atom. The number of aliphatic hydroxyl groups excluding tert-OH is 1. The lowest BCUT2D eigenvalue weighted by Crippen LogP contribution is -2.29. The van der Waals surface area contributed by atoms with Gasteiger partial charge in [0.2, 0.25) is 0 Å². The second kappa shape index (κ2) is 4.46. The van der Waals surface area contributed by atoms with Gasteiger partial charge < -0.3 is 10.4 Å². The standard InChI is InChI=1S/C12H12N2O/c15-12-7-4-8-13-11(12)9-14-10-5-2-1-3-6-10/h1-9,11,13,15H. The Labute approximate surface area is 88.5 Å². The summed E-state index contributed by atoms with van der Waals surface area (Å²) in [5, 5.41) is 12.5. The van der Waals surface area contributed by atoms with Crippen LogP contribution < -0.4 is 5.32 Å². The molecule has 0 fully saturated rings. The molecule has 1 unspecified atom stereocenters. The molecule has 1 aliphatic heterocycles. The molecule has 0 saturated carbocycles. The maximum atomic E-state index is 9.50. The van der Waals surface area contributed by atoms with Crippen LogP contribution in [0.15, 0.2) is 59.4 Å². The summed E-state index contributed by atoms with van der Waals surface area (Å²) in [6.07, 6.45) is 6.87. The van der Waals surface area contributed by atoms with Gasteiger partial charge in [0.25, 0.3) is 0 Å². The quantitative estimate of drug-likeness (QED) is 0.719. The predicted molar refractivity (Wildman–Crippen MR) is 61.4 cm³/mol. The molecular formula is C12H12N2O. The fourth-order valence-corrected chi connectivity index (χ4v) is 1.29. The van der Waals surface area contributed by atoms with Gasteiger partial charge >= 0.3 is 0 Å². The van der Waals surface area contributed by atoms with Gasteiger partial charge in [0, 0.05) is 6.21 Å². The highest BCUT2D eigenvalue weighted by atomic mass is 16.3. The van der Waals surface area contributed by atoms with Crippen molar-refractivity contribution in [3.05, 3.63) is 54.4 Å². The van der Waals surface area contributed by atoms with Gasteiger partial charge in [-0.25, -0.2) is 0 Å². The third kappa shape index (κ3) is 2.47. The fraction of sp³-hybridized carbons (Fsp3) is 0.0833.